The van der Waals surface area contributed by atoms with E-state index in [0.717, 1.165) is 24.2 Å². The van der Waals surface area contributed by atoms with Crippen molar-refractivity contribution in [2.75, 3.05) is 6.54 Å². The van der Waals surface area contributed by atoms with Crippen LogP contribution in [0.5, 0.6) is 5.75 Å². The Morgan fingerprint density at radius 2 is 1.88 bits per heavy atom. The molecular weight excluding hydrogens is 422 g/mol. The lowest BCUT2D eigenvalue weighted by Crippen LogP contribution is -2.46. The number of aryl methyl sites for hydroxylation is 1. The van der Waals surface area contributed by atoms with Crippen molar-refractivity contribution in [3.05, 3.63) is 94.0 Å². The van der Waals surface area contributed by atoms with Crippen molar-refractivity contribution in [2.24, 2.45) is 7.05 Å². The van der Waals surface area contributed by atoms with E-state index in [-0.39, 0.29) is 5.56 Å². The minimum Gasteiger partial charge on any atom is -0.489 e. The summed E-state index contributed by atoms with van der Waals surface area (Å²) >= 11 is 0. The maximum Gasteiger partial charge on any atom is 0.258 e. The standard InChI is InChI=1S/C29H31N3O2/c1-3-31-21-10-7-11-25(31)29-24-13-12-22(16-26(24)30(2)27(29)17-21)32-15-14-23(18-28(32)33)34-19-20-8-5-4-6-9-20/h4-6,8-9,12-16,18,21,25H,3,7,10-11,17,19H2,1-2H3. The topological polar surface area (TPSA) is 39.4 Å². The first-order valence-electron chi connectivity index (χ1n) is 12.4. The van der Waals surface area contributed by atoms with Crippen LogP contribution in [-0.4, -0.2) is 26.6 Å². The van der Waals surface area contributed by atoms with E-state index in [1.165, 1.54) is 41.4 Å². The normalized spacial score (nSPS) is 19.8. The molecule has 2 unspecified atom stereocenters. The molecule has 34 heavy (non-hydrogen) atoms. The highest BCUT2D eigenvalue weighted by Crippen LogP contribution is 2.45. The van der Waals surface area contributed by atoms with E-state index in [2.05, 4.69) is 41.6 Å². The summed E-state index contributed by atoms with van der Waals surface area (Å²) in [5, 5.41) is 1.33. The van der Waals surface area contributed by atoms with Gasteiger partial charge in [-0.05, 0) is 55.1 Å². The summed E-state index contributed by atoms with van der Waals surface area (Å²) in [7, 11) is 2.19. The summed E-state index contributed by atoms with van der Waals surface area (Å²) < 4.78 is 9.92. The molecule has 0 amide bonds. The van der Waals surface area contributed by atoms with Gasteiger partial charge in [-0.1, -0.05) is 43.3 Å². The Kier molecular flexibility index (Phi) is 5.30. The van der Waals surface area contributed by atoms with Gasteiger partial charge in [0.15, 0.2) is 0 Å². The fraction of sp³-hybridized carbons (Fsp3) is 0.345. The van der Waals surface area contributed by atoms with E-state index < -0.39 is 0 Å². The highest BCUT2D eigenvalue weighted by molar-refractivity contribution is 5.88. The maximum atomic E-state index is 13.0. The number of aromatic nitrogens is 2. The van der Waals surface area contributed by atoms with E-state index >= 15 is 0 Å². The molecule has 0 aliphatic carbocycles. The van der Waals surface area contributed by atoms with E-state index in [0.29, 0.717) is 24.4 Å². The summed E-state index contributed by atoms with van der Waals surface area (Å²) in [6.07, 6.45) is 6.78. The Morgan fingerprint density at radius 3 is 2.68 bits per heavy atom. The number of ether oxygens (including phenoxy) is 1. The molecule has 2 bridgehead atoms. The fourth-order valence-corrected chi connectivity index (χ4v) is 6.14. The molecule has 2 aromatic heterocycles. The predicted octanol–water partition coefficient (Wildman–Crippen LogP) is 5.38. The van der Waals surface area contributed by atoms with Crippen molar-refractivity contribution in [3.8, 4) is 11.4 Å². The van der Waals surface area contributed by atoms with Crippen molar-refractivity contribution in [1.29, 1.82) is 0 Å². The molecule has 2 aliphatic rings. The Bertz CT molecular complexity index is 1400. The maximum absolute atomic E-state index is 13.0. The van der Waals surface area contributed by atoms with Crippen LogP contribution in [0.15, 0.2) is 71.7 Å². The third-order valence-electron chi connectivity index (χ3n) is 7.78. The van der Waals surface area contributed by atoms with Gasteiger partial charge in [0, 0.05) is 48.9 Å². The van der Waals surface area contributed by atoms with Crippen LogP contribution in [0.4, 0.5) is 0 Å². The molecule has 4 aromatic rings. The lowest BCUT2D eigenvalue weighted by molar-refractivity contribution is 0.0747. The molecule has 6 rings (SSSR count). The number of piperidine rings is 1. The first kappa shape index (κ1) is 21.2. The zero-order chi connectivity index (χ0) is 23.2. The second kappa shape index (κ2) is 8.48. The molecule has 0 spiro atoms. The number of fused-ring (bicyclic) bond motifs is 6. The number of benzene rings is 2. The lowest BCUT2D eigenvalue weighted by Gasteiger charge is -2.46. The molecule has 0 N–H and O–H groups in total. The van der Waals surface area contributed by atoms with Gasteiger partial charge in [0.2, 0.25) is 0 Å². The van der Waals surface area contributed by atoms with E-state index in [4.69, 9.17) is 4.74 Å². The number of rotatable bonds is 5. The van der Waals surface area contributed by atoms with Gasteiger partial charge in [0.05, 0.1) is 11.2 Å². The molecular formula is C29H31N3O2. The van der Waals surface area contributed by atoms with Crippen molar-refractivity contribution >= 4 is 10.9 Å². The van der Waals surface area contributed by atoms with Crippen LogP contribution in [0.3, 0.4) is 0 Å². The van der Waals surface area contributed by atoms with Gasteiger partial charge in [-0.3, -0.25) is 14.3 Å². The first-order valence-corrected chi connectivity index (χ1v) is 12.4. The second-order valence-corrected chi connectivity index (χ2v) is 9.60. The van der Waals surface area contributed by atoms with Crippen LogP contribution in [0, 0.1) is 0 Å². The molecule has 2 aromatic carbocycles. The molecule has 5 heteroatoms. The summed E-state index contributed by atoms with van der Waals surface area (Å²) in [5.74, 6) is 0.590. The van der Waals surface area contributed by atoms with Crippen LogP contribution in [0.1, 0.15) is 49.0 Å². The number of nitrogens with zero attached hydrogens (tertiary/aromatic N) is 3. The minimum atomic E-state index is -0.0862. The van der Waals surface area contributed by atoms with E-state index in [1.54, 1.807) is 10.6 Å². The molecule has 2 aliphatic heterocycles. The molecule has 2 atom stereocenters. The van der Waals surface area contributed by atoms with Crippen LogP contribution in [0.2, 0.25) is 0 Å². The molecule has 0 saturated carbocycles. The third kappa shape index (κ3) is 3.46. The largest absolute Gasteiger partial charge is 0.489 e. The zero-order valence-electron chi connectivity index (χ0n) is 19.9. The third-order valence-corrected chi connectivity index (χ3v) is 7.78. The fourth-order valence-electron chi connectivity index (χ4n) is 6.14. The van der Waals surface area contributed by atoms with Gasteiger partial charge >= 0.3 is 0 Å². The van der Waals surface area contributed by atoms with Gasteiger partial charge in [-0.25, -0.2) is 0 Å². The zero-order valence-corrected chi connectivity index (χ0v) is 19.9. The summed E-state index contributed by atoms with van der Waals surface area (Å²) in [4.78, 5) is 15.7. The number of hydrogen-bond donors (Lipinski definition) is 0. The number of pyridine rings is 1. The smallest absolute Gasteiger partial charge is 0.258 e. The Balaban J connectivity index is 1.33. The van der Waals surface area contributed by atoms with Gasteiger partial charge in [0.1, 0.15) is 12.4 Å². The lowest BCUT2D eigenvalue weighted by atomic mass is 9.82. The quantitative estimate of drug-likeness (QED) is 0.407. The average molecular weight is 454 g/mol. The second-order valence-electron chi connectivity index (χ2n) is 9.60. The molecule has 1 saturated heterocycles. The highest BCUT2D eigenvalue weighted by Gasteiger charge is 2.39. The first-order chi connectivity index (χ1) is 16.6. The number of hydrogen-bond acceptors (Lipinski definition) is 3. The van der Waals surface area contributed by atoms with Crippen molar-refractivity contribution in [3.63, 3.8) is 0 Å². The van der Waals surface area contributed by atoms with E-state index in [1.807, 2.05) is 42.6 Å². The molecule has 1 fully saturated rings. The Hall–Kier alpha value is -3.31. The Labute approximate surface area is 200 Å². The highest BCUT2D eigenvalue weighted by atomic mass is 16.5. The number of likely N-dealkylation sites (N-methyl/N-ethyl adjacent to an activating group) is 1. The average Bonchev–Trinajstić information content (AvgIpc) is 3.13. The van der Waals surface area contributed by atoms with Crippen LogP contribution in [-0.2, 0) is 20.1 Å². The van der Waals surface area contributed by atoms with Crippen LogP contribution < -0.4 is 10.3 Å². The van der Waals surface area contributed by atoms with E-state index in [9.17, 15) is 4.79 Å². The SMILES string of the molecule is CCN1C2CCCC1c1c(n(C)c3cc(-n4ccc(OCc5ccccc5)cc4=O)ccc13)C2. The van der Waals surface area contributed by atoms with Gasteiger partial charge in [-0.15, -0.1) is 0 Å². The van der Waals surface area contributed by atoms with Crippen molar-refractivity contribution < 1.29 is 4.74 Å². The predicted molar refractivity (Wildman–Crippen MR) is 136 cm³/mol. The van der Waals surface area contributed by atoms with Crippen LogP contribution >= 0.6 is 0 Å². The molecule has 0 radical (unpaired) electrons. The van der Waals surface area contributed by atoms with Gasteiger partial charge in [0.25, 0.3) is 5.56 Å². The summed E-state index contributed by atoms with van der Waals surface area (Å²) in [6, 6.07) is 21.1. The molecule has 174 valence electrons. The van der Waals surface area contributed by atoms with Crippen molar-refractivity contribution in [2.45, 2.75) is 51.3 Å². The summed E-state index contributed by atoms with van der Waals surface area (Å²) in [5.41, 5.74) is 6.08. The Morgan fingerprint density at radius 1 is 1.03 bits per heavy atom. The summed E-state index contributed by atoms with van der Waals surface area (Å²) in [6.45, 7) is 3.85. The van der Waals surface area contributed by atoms with Crippen molar-refractivity contribution in [1.82, 2.24) is 14.0 Å². The van der Waals surface area contributed by atoms with Crippen LogP contribution in [0.25, 0.3) is 16.6 Å². The minimum absolute atomic E-state index is 0.0862. The van der Waals surface area contributed by atoms with Gasteiger partial charge in [-0.2, -0.15) is 0 Å². The monoisotopic (exact) mass is 453 g/mol. The molecule has 4 heterocycles. The molecule has 5 nitrogen and oxygen atoms in total. The van der Waals surface area contributed by atoms with Gasteiger partial charge < -0.3 is 9.30 Å².